The molecule has 2 nitrogen and oxygen atoms in total. The summed E-state index contributed by atoms with van der Waals surface area (Å²) in [5.74, 6) is 0. The SMILES string of the molecule is Cc1ccccc1CN(C)CC1CO1. The summed E-state index contributed by atoms with van der Waals surface area (Å²) in [5.41, 5.74) is 2.78. The van der Waals surface area contributed by atoms with Gasteiger partial charge in [0.25, 0.3) is 0 Å². The fourth-order valence-electron chi connectivity index (χ4n) is 1.66. The molecular formula is C12H17NO. The lowest BCUT2D eigenvalue weighted by molar-refractivity contribution is 0.278. The fourth-order valence-corrected chi connectivity index (χ4v) is 1.66. The second-order valence-electron chi connectivity index (χ2n) is 4.08. The first-order chi connectivity index (χ1) is 6.75. The van der Waals surface area contributed by atoms with Crippen LogP contribution in [0.3, 0.4) is 0 Å². The van der Waals surface area contributed by atoms with Gasteiger partial charge in [0, 0.05) is 13.1 Å². The first kappa shape index (κ1) is 9.69. The summed E-state index contributed by atoms with van der Waals surface area (Å²) < 4.78 is 5.21. The van der Waals surface area contributed by atoms with Crippen LogP contribution in [0.1, 0.15) is 11.1 Å². The number of nitrogens with zero attached hydrogens (tertiary/aromatic N) is 1. The Morgan fingerprint density at radius 3 is 2.79 bits per heavy atom. The number of benzene rings is 1. The Bertz CT molecular complexity index is 307. The van der Waals surface area contributed by atoms with Gasteiger partial charge < -0.3 is 4.74 Å². The van der Waals surface area contributed by atoms with Crippen molar-refractivity contribution in [1.82, 2.24) is 4.90 Å². The molecule has 1 atom stereocenters. The van der Waals surface area contributed by atoms with E-state index in [-0.39, 0.29) is 0 Å². The molecular weight excluding hydrogens is 174 g/mol. The van der Waals surface area contributed by atoms with Crippen LogP contribution in [0, 0.1) is 6.92 Å². The molecule has 0 aromatic heterocycles. The predicted molar refractivity (Wildman–Crippen MR) is 57.3 cm³/mol. The zero-order valence-electron chi connectivity index (χ0n) is 8.86. The Kier molecular flexibility index (Phi) is 2.85. The lowest BCUT2D eigenvalue weighted by atomic mass is 10.1. The largest absolute Gasteiger partial charge is 0.372 e. The minimum atomic E-state index is 0.490. The summed E-state index contributed by atoms with van der Waals surface area (Å²) in [6, 6.07) is 8.54. The second kappa shape index (κ2) is 4.11. The van der Waals surface area contributed by atoms with E-state index in [1.807, 2.05) is 0 Å². The molecule has 76 valence electrons. The number of hydrogen-bond donors (Lipinski definition) is 0. The summed E-state index contributed by atoms with van der Waals surface area (Å²) in [7, 11) is 2.15. The van der Waals surface area contributed by atoms with E-state index >= 15 is 0 Å². The summed E-state index contributed by atoms with van der Waals surface area (Å²) in [5, 5.41) is 0. The van der Waals surface area contributed by atoms with Gasteiger partial charge in [-0.2, -0.15) is 0 Å². The molecule has 0 saturated carbocycles. The maximum absolute atomic E-state index is 5.21. The summed E-state index contributed by atoms with van der Waals surface area (Å²) in [6.45, 7) is 5.18. The van der Waals surface area contributed by atoms with Crippen LogP contribution in [0.5, 0.6) is 0 Å². The highest BCUT2D eigenvalue weighted by Crippen LogP contribution is 2.13. The molecule has 0 amide bonds. The first-order valence-electron chi connectivity index (χ1n) is 5.10. The van der Waals surface area contributed by atoms with Gasteiger partial charge in [-0.15, -0.1) is 0 Å². The van der Waals surface area contributed by atoms with Crippen LogP contribution < -0.4 is 0 Å². The summed E-state index contributed by atoms with van der Waals surface area (Å²) >= 11 is 0. The first-order valence-corrected chi connectivity index (χ1v) is 5.10. The molecule has 1 saturated heterocycles. The van der Waals surface area contributed by atoms with Gasteiger partial charge in [0.2, 0.25) is 0 Å². The highest BCUT2D eigenvalue weighted by molar-refractivity contribution is 5.25. The van der Waals surface area contributed by atoms with Gasteiger partial charge in [0.15, 0.2) is 0 Å². The third kappa shape index (κ3) is 2.56. The van der Waals surface area contributed by atoms with Gasteiger partial charge in [-0.3, -0.25) is 4.90 Å². The molecule has 1 aromatic rings. The van der Waals surface area contributed by atoms with Crippen molar-refractivity contribution in [1.29, 1.82) is 0 Å². The van der Waals surface area contributed by atoms with Crippen molar-refractivity contribution in [2.24, 2.45) is 0 Å². The van der Waals surface area contributed by atoms with Crippen LogP contribution >= 0.6 is 0 Å². The third-order valence-electron chi connectivity index (χ3n) is 2.62. The third-order valence-corrected chi connectivity index (χ3v) is 2.62. The summed E-state index contributed by atoms with van der Waals surface area (Å²) in [6.07, 6.45) is 0.490. The van der Waals surface area contributed by atoms with E-state index in [2.05, 4.69) is 43.1 Å². The topological polar surface area (TPSA) is 15.8 Å². The van der Waals surface area contributed by atoms with E-state index in [0.717, 1.165) is 19.7 Å². The molecule has 1 aliphatic rings. The van der Waals surface area contributed by atoms with Crippen molar-refractivity contribution >= 4 is 0 Å². The average Bonchev–Trinajstić information content (AvgIpc) is 2.93. The quantitative estimate of drug-likeness (QED) is 0.675. The van der Waals surface area contributed by atoms with Crippen LogP contribution in [-0.4, -0.2) is 31.2 Å². The smallest absolute Gasteiger partial charge is 0.0936 e. The molecule has 0 radical (unpaired) electrons. The highest BCUT2D eigenvalue weighted by atomic mass is 16.6. The van der Waals surface area contributed by atoms with Crippen molar-refractivity contribution in [3.8, 4) is 0 Å². The monoisotopic (exact) mass is 191 g/mol. The average molecular weight is 191 g/mol. The molecule has 0 bridgehead atoms. The number of hydrogen-bond acceptors (Lipinski definition) is 2. The van der Waals surface area contributed by atoms with E-state index in [4.69, 9.17) is 4.74 Å². The van der Waals surface area contributed by atoms with E-state index in [1.165, 1.54) is 11.1 Å². The van der Waals surface area contributed by atoms with Crippen LogP contribution in [0.4, 0.5) is 0 Å². The number of aryl methyl sites for hydroxylation is 1. The number of rotatable bonds is 4. The molecule has 2 heteroatoms. The fraction of sp³-hybridized carbons (Fsp3) is 0.500. The van der Waals surface area contributed by atoms with Crippen LogP contribution in [-0.2, 0) is 11.3 Å². The lowest BCUT2D eigenvalue weighted by Gasteiger charge is -2.16. The number of likely N-dealkylation sites (N-methyl/N-ethyl adjacent to an activating group) is 1. The van der Waals surface area contributed by atoms with Crippen LogP contribution in [0.15, 0.2) is 24.3 Å². The standard InChI is InChI=1S/C12H17NO/c1-10-5-3-4-6-11(10)7-13(2)8-12-9-14-12/h3-6,12H,7-9H2,1-2H3. The van der Waals surface area contributed by atoms with Gasteiger partial charge in [-0.1, -0.05) is 24.3 Å². The maximum atomic E-state index is 5.21. The zero-order chi connectivity index (χ0) is 9.97. The Morgan fingerprint density at radius 2 is 2.14 bits per heavy atom. The number of epoxide rings is 1. The molecule has 1 aromatic carbocycles. The van der Waals surface area contributed by atoms with Crippen molar-refractivity contribution in [2.75, 3.05) is 20.2 Å². The maximum Gasteiger partial charge on any atom is 0.0936 e. The molecule has 14 heavy (non-hydrogen) atoms. The number of ether oxygens (including phenoxy) is 1. The normalized spacial score (nSPS) is 20.1. The molecule has 0 spiro atoms. The Balaban J connectivity index is 1.91. The molecule has 1 heterocycles. The molecule has 0 N–H and O–H groups in total. The van der Waals surface area contributed by atoms with Gasteiger partial charge in [-0.25, -0.2) is 0 Å². The van der Waals surface area contributed by atoms with E-state index in [1.54, 1.807) is 0 Å². The highest BCUT2D eigenvalue weighted by Gasteiger charge is 2.23. The Labute approximate surface area is 85.5 Å². The van der Waals surface area contributed by atoms with E-state index < -0.39 is 0 Å². The molecule has 1 fully saturated rings. The van der Waals surface area contributed by atoms with E-state index in [0.29, 0.717) is 6.10 Å². The van der Waals surface area contributed by atoms with Gasteiger partial charge in [0.05, 0.1) is 12.7 Å². The van der Waals surface area contributed by atoms with Crippen molar-refractivity contribution in [3.63, 3.8) is 0 Å². The van der Waals surface area contributed by atoms with Gasteiger partial charge >= 0.3 is 0 Å². The molecule has 0 aliphatic carbocycles. The minimum absolute atomic E-state index is 0.490. The zero-order valence-corrected chi connectivity index (χ0v) is 8.86. The molecule has 1 aliphatic heterocycles. The van der Waals surface area contributed by atoms with Crippen LogP contribution in [0.25, 0.3) is 0 Å². The van der Waals surface area contributed by atoms with Gasteiger partial charge in [-0.05, 0) is 25.1 Å². The van der Waals surface area contributed by atoms with Crippen molar-refractivity contribution < 1.29 is 4.74 Å². The predicted octanol–water partition coefficient (Wildman–Crippen LogP) is 1.83. The second-order valence-corrected chi connectivity index (χ2v) is 4.08. The lowest BCUT2D eigenvalue weighted by Crippen LogP contribution is -2.23. The minimum Gasteiger partial charge on any atom is -0.372 e. The van der Waals surface area contributed by atoms with Crippen LogP contribution in [0.2, 0.25) is 0 Å². The Morgan fingerprint density at radius 1 is 1.43 bits per heavy atom. The van der Waals surface area contributed by atoms with Gasteiger partial charge in [0.1, 0.15) is 0 Å². The molecule has 1 unspecified atom stereocenters. The summed E-state index contributed by atoms with van der Waals surface area (Å²) in [4.78, 5) is 2.32. The van der Waals surface area contributed by atoms with Crippen molar-refractivity contribution in [3.05, 3.63) is 35.4 Å². The van der Waals surface area contributed by atoms with Crippen molar-refractivity contribution in [2.45, 2.75) is 19.6 Å². The van der Waals surface area contributed by atoms with E-state index in [9.17, 15) is 0 Å². The Hall–Kier alpha value is -0.860. The molecule has 2 rings (SSSR count).